The van der Waals surface area contributed by atoms with Gasteiger partial charge >= 0.3 is 17.9 Å². The van der Waals surface area contributed by atoms with E-state index in [4.69, 9.17) is 23.7 Å². The van der Waals surface area contributed by atoms with Gasteiger partial charge in [-0.3, -0.25) is 14.4 Å². The van der Waals surface area contributed by atoms with Gasteiger partial charge in [-0.05, 0) is 67.6 Å². The molecule has 6 rings (SSSR count). The number of ether oxygens (including phenoxy) is 5. The van der Waals surface area contributed by atoms with Crippen LogP contribution in [0.15, 0.2) is 12.2 Å². The minimum atomic E-state index is -1.26. The van der Waals surface area contributed by atoms with E-state index in [2.05, 4.69) is 20.4 Å². The second-order valence-electron chi connectivity index (χ2n) is 14.8. The molecule has 0 amide bonds. The van der Waals surface area contributed by atoms with E-state index in [1.54, 1.807) is 0 Å². The van der Waals surface area contributed by atoms with Gasteiger partial charge in [0, 0.05) is 44.9 Å². The Morgan fingerprint density at radius 1 is 0.952 bits per heavy atom. The molecule has 0 aromatic rings. The zero-order valence-corrected chi connectivity index (χ0v) is 26.0. The van der Waals surface area contributed by atoms with E-state index in [0.717, 1.165) is 44.1 Å². The monoisotopic (exact) mass is 588 g/mol. The fraction of sp³-hybridized carbons (Fsp3) is 0.848. The predicted molar refractivity (Wildman–Crippen MR) is 151 cm³/mol. The first kappa shape index (κ1) is 30.1. The Morgan fingerprint density at radius 3 is 2.26 bits per heavy atom. The summed E-state index contributed by atoms with van der Waals surface area (Å²) in [6.45, 7) is 15.3. The lowest BCUT2D eigenvalue weighted by atomic mass is 9.42. The molecule has 42 heavy (non-hydrogen) atoms. The molecule has 2 aliphatic heterocycles. The van der Waals surface area contributed by atoms with Crippen LogP contribution in [0, 0.1) is 40.4 Å². The van der Waals surface area contributed by atoms with Gasteiger partial charge < -0.3 is 28.8 Å². The summed E-state index contributed by atoms with van der Waals surface area (Å²) in [6, 6.07) is 0. The summed E-state index contributed by atoms with van der Waals surface area (Å²) in [6.07, 6.45) is 3.21. The Balaban J connectivity index is 1.34. The minimum absolute atomic E-state index is 0.0207. The minimum Gasteiger partial charge on any atom is -0.458 e. The lowest BCUT2D eigenvalue weighted by Crippen LogP contribution is -2.73. The molecule has 0 radical (unpaired) electrons. The molecule has 4 saturated carbocycles. The van der Waals surface area contributed by atoms with Gasteiger partial charge in [-0.2, -0.15) is 0 Å². The van der Waals surface area contributed by atoms with Crippen LogP contribution in [0.5, 0.6) is 0 Å². The SMILES string of the molecule is C=C1CCC2(OC1)OC1CC3C4CCC5(O)CC(OC(C)=O)C(OC(C)=O)C(OC(C)=O)C5(C)C4CCC3(C)C1C2C. The Morgan fingerprint density at radius 2 is 1.64 bits per heavy atom. The van der Waals surface area contributed by atoms with Crippen LogP contribution in [0.25, 0.3) is 0 Å². The number of carbonyl (C=O) groups is 3. The molecule has 1 N–H and O–H groups in total. The molecule has 2 saturated heterocycles. The summed E-state index contributed by atoms with van der Waals surface area (Å²) in [4.78, 5) is 36.9. The quantitative estimate of drug-likeness (QED) is 0.289. The van der Waals surface area contributed by atoms with E-state index in [9.17, 15) is 19.5 Å². The molecular weight excluding hydrogens is 540 g/mol. The highest BCUT2D eigenvalue weighted by atomic mass is 16.7. The van der Waals surface area contributed by atoms with Gasteiger partial charge in [0.2, 0.25) is 0 Å². The van der Waals surface area contributed by atoms with Crippen molar-refractivity contribution in [2.24, 2.45) is 40.4 Å². The van der Waals surface area contributed by atoms with Crippen LogP contribution in [-0.2, 0) is 38.1 Å². The molecule has 2 heterocycles. The van der Waals surface area contributed by atoms with E-state index in [0.29, 0.717) is 24.9 Å². The van der Waals surface area contributed by atoms with Crippen molar-refractivity contribution in [2.75, 3.05) is 6.61 Å². The predicted octanol–water partition coefficient (Wildman–Crippen LogP) is 4.48. The maximum atomic E-state index is 12.5. The van der Waals surface area contributed by atoms with Crippen LogP contribution < -0.4 is 0 Å². The van der Waals surface area contributed by atoms with Crippen LogP contribution >= 0.6 is 0 Å². The van der Waals surface area contributed by atoms with E-state index in [1.165, 1.54) is 20.8 Å². The summed E-state index contributed by atoms with van der Waals surface area (Å²) in [5.41, 5.74) is -0.990. The van der Waals surface area contributed by atoms with Crippen molar-refractivity contribution in [2.45, 2.75) is 129 Å². The highest BCUT2D eigenvalue weighted by Crippen LogP contribution is 2.72. The standard InChI is InChI=1S/C33H48O9/c1-17-8-13-33(38-16-17)18(2)27-25(42-33)14-24-22-9-12-32(37)15-26(39-19(3)34)28(40-20(4)35)29(41-21(5)36)31(32,7)23(22)10-11-30(24,27)6/h18,22-29,37H,1,8-16H2,2-7H3. The van der Waals surface area contributed by atoms with Crippen LogP contribution in [0.3, 0.4) is 0 Å². The fourth-order valence-electron chi connectivity index (χ4n) is 11.1. The lowest BCUT2D eigenvalue weighted by Gasteiger charge is -2.66. The second kappa shape index (κ2) is 10.0. The first-order valence-electron chi connectivity index (χ1n) is 15.9. The molecule has 9 heteroatoms. The Kier molecular flexibility index (Phi) is 7.18. The Bertz CT molecular complexity index is 1160. The van der Waals surface area contributed by atoms with Crippen molar-refractivity contribution in [3.63, 3.8) is 0 Å². The first-order valence-corrected chi connectivity index (χ1v) is 15.9. The van der Waals surface area contributed by atoms with E-state index >= 15 is 0 Å². The summed E-state index contributed by atoms with van der Waals surface area (Å²) >= 11 is 0. The largest absolute Gasteiger partial charge is 0.458 e. The molecule has 234 valence electrons. The van der Waals surface area contributed by atoms with E-state index in [1.807, 2.05) is 6.92 Å². The zero-order chi connectivity index (χ0) is 30.4. The number of rotatable bonds is 3. The average molecular weight is 589 g/mol. The van der Waals surface area contributed by atoms with Crippen LogP contribution in [0.1, 0.15) is 92.9 Å². The lowest BCUT2D eigenvalue weighted by molar-refractivity contribution is -0.295. The molecule has 4 aliphatic carbocycles. The van der Waals surface area contributed by atoms with Gasteiger partial charge in [0.15, 0.2) is 18.0 Å². The van der Waals surface area contributed by atoms with Crippen LogP contribution in [0.2, 0.25) is 0 Å². The topological polar surface area (TPSA) is 118 Å². The molecule has 0 aromatic heterocycles. The van der Waals surface area contributed by atoms with Gasteiger partial charge in [-0.1, -0.05) is 32.9 Å². The second-order valence-corrected chi connectivity index (χ2v) is 14.8. The molecule has 6 aliphatic rings. The number of fused-ring (bicyclic) bond motifs is 7. The van der Waals surface area contributed by atoms with Crippen LogP contribution in [0.4, 0.5) is 0 Å². The molecule has 1 spiro atoms. The number of hydrogen-bond donors (Lipinski definition) is 1. The number of aliphatic hydroxyl groups is 1. The smallest absolute Gasteiger partial charge is 0.303 e. The van der Waals surface area contributed by atoms with Gasteiger partial charge in [0.1, 0.15) is 6.10 Å². The molecule has 0 bridgehead atoms. The van der Waals surface area contributed by atoms with Crippen LogP contribution in [-0.4, -0.2) is 65.4 Å². The first-order chi connectivity index (χ1) is 19.6. The van der Waals surface area contributed by atoms with E-state index < -0.39 is 53.0 Å². The molecule has 0 aromatic carbocycles. The van der Waals surface area contributed by atoms with Crippen molar-refractivity contribution >= 4 is 17.9 Å². The van der Waals surface area contributed by atoms with Gasteiger partial charge in [0.25, 0.3) is 0 Å². The molecule has 13 atom stereocenters. The zero-order valence-electron chi connectivity index (χ0n) is 26.0. The Hall–Kier alpha value is -1.97. The molecule has 13 unspecified atom stereocenters. The Labute approximate surface area is 249 Å². The normalized spacial score (nSPS) is 51.1. The summed E-state index contributed by atoms with van der Waals surface area (Å²) < 4.78 is 30.6. The van der Waals surface area contributed by atoms with Gasteiger partial charge in [0.05, 0.1) is 18.3 Å². The van der Waals surface area contributed by atoms with Crippen molar-refractivity contribution in [3.05, 3.63) is 12.2 Å². The number of carbonyl (C=O) groups excluding carboxylic acids is 3. The van der Waals surface area contributed by atoms with Crippen molar-refractivity contribution in [1.82, 2.24) is 0 Å². The highest BCUT2D eigenvalue weighted by molar-refractivity contribution is 5.68. The average Bonchev–Trinajstić information content (AvgIpc) is 3.34. The third-order valence-electron chi connectivity index (χ3n) is 12.8. The maximum absolute atomic E-state index is 12.5. The summed E-state index contributed by atoms with van der Waals surface area (Å²) in [5, 5.41) is 12.4. The number of hydrogen-bond acceptors (Lipinski definition) is 9. The maximum Gasteiger partial charge on any atom is 0.303 e. The van der Waals surface area contributed by atoms with Gasteiger partial charge in [-0.15, -0.1) is 0 Å². The van der Waals surface area contributed by atoms with Crippen molar-refractivity contribution in [1.29, 1.82) is 0 Å². The van der Waals surface area contributed by atoms with Crippen molar-refractivity contribution < 1.29 is 43.2 Å². The molecule has 9 nitrogen and oxygen atoms in total. The highest BCUT2D eigenvalue weighted by Gasteiger charge is 2.74. The van der Waals surface area contributed by atoms with Crippen molar-refractivity contribution in [3.8, 4) is 0 Å². The fourth-order valence-corrected chi connectivity index (χ4v) is 11.1. The third-order valence-corrected chi connectivity index (χ3v) is 12.8. The summed E-state index contributed by atoms with van der Waals surface area (Å²) in [5.74, 6) is -0.833. The van der Waals surface area contributed by atoms with Gasteiger partial charge in [-0.25, -0.2) is 0 Å². The number of esters is 3. The molecule has 6 fully saturated rings. The van der Waals surface area contributed by atoms with E-state index in [-0.39, 0.29) is 35.7 Å². The molecular formula is C33H48O9. The third kappa shape index (κ3) is 4.23. The summed E-state index contributed by atoms with van der Waals surface area (Å²) in [7, 11) is 0.